The molecule has 0 radical (unpaired) electrons. The smallest absolute Gasteiger partial charge is 0.164 e. The summed E-state index contributed by atoms with van der Waals surface area (Å²) in [6.45, 7) is 12.3. The molecule has 4 aromatic rings. The number of nitrogen functional groups attached to an aromatic ring is 1. The lowest BCUT2D eigenvalue weighted by Crippen LogP contribution is -2.43. The van der Waals surface area contributed by atoms with Crippen LogP contribution in [0.3, 0.4) is 0 Å². The van der Waals surface area contributed by atoms with Gasteiger partial charge in [0.05, 0.1) is 16.4 Å². The number of hydrogen-bond donors (Lipinski definition) is 4. The summed E-state index contributed by atoms with van der Waals surface area (Å²) in [6, 6.07) is 8.53. The van der Waals surface area contributed by atoms with Gasteiger partial charge in [-0.25, -0.2) is 15.0 Å². The second-order valence-electron chi connectivity index (χ2n) is 12.0. The molecule has 0 saturated carbocycles. The molecule has 4 heterocycles. The number of nitrogens with zero attached hydrogens (tertiary/aromatic N) is 5. The summed E-state index contributed by atoms with van der Waals surface area (Å²) in [5.74, 6) is 1.38. The molecule has 210 valence electrons. The quantitative estimate of drug-likeness (QED) is 0.239. The van der Waals surface area contributed by atoms with Crippen LogP contribution in [0.25, 0.3) is 22.1 Å². The number of aromatic nitrogens is 5. The zero-order chi connectivity index (χ0) is 27.9. The third-order valence-electron chi connectivity index (χ3n) is 7.80. The highest BCUT2D eigenvalue weighted by Gasteiger charge is 2.44. The van der Waals surface area contributed by atoms with Crippen molar-refractivity contribution in [2.24, 2.45) is 0 Å². The third kappa shape index (κ3) is 5.65. The molecule has 1 unspecified atom stereocenters. The second kappa shape index (κ2) is 10.8. The van der Waals surface area contributed by atoms with Crippen molar-refractivity contribution < 1.29 is 14.9 Å². The minimum atomic E-state index is -1.08. The van der Waals surface area contributed by atoms with Crippen molar-refractivity contribution in [2.45, 2.75) is 89.9 Å². The van der Waals surface area contributed by atoms with E-state index in [-0.39, 0.29) is 11.5 Å². The molecule has 1 fully saturated rings. The molecule has 0 amide bonds. The van der Waals surface area contributed by atoms with Crippen LogP contribution in [0, 0.1) is 0 Å². The average molecular weight is 536 g/mol. The molecule has 1 aliphatic rings. The van der Waals surface area contributed by atoms with Crippen molar-refractivity contribution in [2.75, 3.05) is 18.8 Å². The lowest BCUT2D eigenvalue weighted by molar-refractivity contribution is -0.0466. The topological polar surface area (TPSA) is 138 Å². The first-order chi connectivity index (χ1) is 18.5. The third-order valence-corrected chi connectivity index (χ3v) is 7.80. The summed E-state index contributed by atoms with van der Waals surface area (Å²) in [5.41, 5.74) is 10.0. The Bertz CT molecular complexity index is 1420. The highest BCUT2D eigenvalue weighted by molar-refractivity contribution is 5.86. The predicted molar refractivity (Wildman–Crippen MR) is 152 cm³/mol. The molecule has 39 heavy (non-hydrogen) atoms. The lowest BCUT2D eigenvalue weighted by atomic mass is 9.87. The van der Waals surface area contributed by atoms with E-state index in [4.69, 9.17) is 15.5 Å². The van der Waals surface area contributed by atoms with Crippen LogP contribution in [0.15, 0.2) is 36.8 Å². The van der Waals surface area contributed by atoms with Gasteiger partial charge in [0.1, 0.15) is 41.9 Å². The number of aryl methyl sites for hydroxylation is 1. The number of H-pyrrole nitrogens is 1. The number of rotatable bonds is 9. The van der Waals surface area contributed by atoms with Crippen molar-refractivity contribution in [3.63, 3.8) is 0 Å². The van der Waals surface area contributed by atoms with Gasteiger partial charge in [-0.15, -0.1) is 0 Å². The SMILES string of the molecule is CC(C)N(CCCCc1nc2ccc(C(C)(C)C)cc2[nH]1)CC1O[C@@H](n2ccc3c(N)ncnc32)[C@H](O)[C@@H]1O. The number of benzene rings is 1. The molecule has 3 aromatic heterocycles. The van der Waals surface area contributed by atoms with Gasteiger partial charge in [0.15, 0.2) is 6.23 Å². The number of aliphatic hydroxyl groups excluding tert-OH is 2. The van der Waals surface area contributed by atoms with Crippen LogP contribution in [0.5, 0.6) is 0 Å². The van der Waals surface area contributed by atoms with Gasteiger partial charge in [0.25, 0.3) is 0 Å². The Kier molecular flexibility index (Phi) is 7.65. The fourth-order valence-electron chi connectivity index (χ4n) is 5.35. The first-order valence-corrected chi connectivity index (χ1v) is 13.8. The van der Waals surface area contributed by atoms with E-state index in [2.05, 4.69) is 72.7 Å². The first-order valence-electron chi connectivity index (χ1n) is 13.8. The van der Waals surface area contributed by atoms with E-state index < -0.39 is 24.5 Å². The Hall–Kier alpha value is -3.05. The number of unbranched alkanes of at least 4 members (excludes halogenated alkanes) is 1. The van der Waals surface area contributed by atoms with Gasteiger partial charge in [0.2, 0.25) is 0 Å². The fourth-order valence-corrected chi connectivity index (χ4v) is 5.35. The van der Waals surface area contributed by atoms with Crippen LogP contribution in [0.2, 0.25) is 0 Å². The number of anilines is 1. The van der Waals surface area contributed by atoms with Gasteiger partial charge in [-0.1, -0.05) is 26.8 Å². The Morgan fingerprint density at radius 3 is 2.67 bits per heavy atom. The summed E-state index contributed by atoms with van der Waals surface area (Å²) < 4.78 is 7.93. The van der Waals surface area contributed by atoms with Gasteiger partial charge < -0.3 is 30.2 Å². The van der Waals surface area contributed by atoms with Crippen molar-refractivity contribution in [1.29, 1.82) is 0 Å². The minimum Gasteiger partial charge on any atom is -0.387 e. The number of ether oxygens (including phenoxy) is 1. The maximum Gasteiger partial charge on any atom is 0.164 e. The maximum atomic E-state index is 10.9. The van der Waals surface area contributed by atoms with Gasteiger partial charge >= 0.3 is 0 Å². The van der Waals surface area contributed by atoms with Crippen LogP contribution in [-0.2, 0) is 16.6 Å². The van der Waals surface area contributed by atoms with Crippen LogP contribution in [-0.4, -0.2) is 77.1 Å². The molecule has 1 aromatic carbocycles. The Balaban J connectivity index is 1.18. The number of nitrogens with two attached hydrogens (primary N) is 1. The number of aromatic amines is 1. The first kappa shape index (κ1) is 27.5. The molecule has 10 heteroatoms. The molecule has 5 rings (SSSR count). The predicted octanol–water partition coefficient (Wildman–Crippen LogP) is 3.54. The zero-order valence-corrected chi connectivity index (χ0v) is 23.5. The van der Waals surface area contributed by atoms with E-state index in [1.54, 1.807) is 16.8 Å². The average Bonchev–Trinajstić information content (AvgIpc) is 3.57. The van der Waals surface area contributed by atoms with E-state index in [0.717, 1.165) is 42.7 Å². The summed E-state index contributed by atoms with van der Waals surface area (Å²) in [5, 5.41) is 22.4. The molecule has 1 aliphatic heterocycles. The number of aliphatic hydroxyl groups is 2. The Labute approximate surface area is 229 Å². The molecule has 0 bridgehead atoms. The van der Waals surface area contributed by atoms with Crippen LogP contribution >= 0.6 is 0 Å². The van der Waals surface area contributed by atoms with E-state index in [1.165, 1.54) is 11.9 Å². The summed E-state index contributed by atoms with van der Waals surface area (Å²) in [6.07, 6.45) is 2.62. The second-order valence-corrected chi connectivity index (χ2v) is 12.0. The van der Waals surface area contributed by atoms with Gasteiger partial charge in [-0.05, 0) is 62.4 Å². The number of imidazole rings is 1. The van der Waals surface area contributed by atoms with Crippen LogP contribution < -0.4 is 5.73 Å². The maximum absolute atomic E-state index is 10.9. The molecule has 0 spiro atoms. The lowest BCUT2D eigenvalue weighted by Gasteiger charge is -2.30. The summed E-state index contributed by atoms with van der Waals surface area (Å²) in [7, 11) is 0. The highest BCUT2D eigenvalue weighted by Crippen LogP contribution is 2.33. The molecule has 5 N–H and O–H groups in total. The molecule has 4 atom stereocenters. The van der Waals surface area contributed by atoms with Crippen LogP contribution in [0.4, 0.5) is 5.82 Å². The number of hydrogen-bond acceptors (Lipinski definition) is 8. The van der Waals surface area contributed by atoms with E-state index in [0.29, 0.717) is 23.4 Å². The standard InChI is InChI=1S/C29H41N7O3/c1-17(2)35(12-7-6-8-23-33-20-10-9-18(29(3,4)5)14-21(20)34-23)15-22-24(37)25(38)28(39-22)36-13-11-19-26(30)31-16-32-27(19)36/h9-11,13-14,16-17,22,24-25,28,37-38H,6-8,12,15H2,1-5H3,(H,33,34)(H2,30,31,32)/t22?,24-,25-,28-/m1/s1. The van der Waals surface area contributed by atoms with Gasteiger partial charge in [0, 0.05) is 25.2 Å². The van der Waals surface area contributed by atoms with Crippen molar-refractivity contribution in [1.82, 2.24) is 29.4 Å². The molecule has 1 saturated heterocycles. The Morgan fingerprint density at radius 2 is 1.92 bits per heavy atom. The van der Waals surface area contributed by atoms with Crippen molar-refractivity contribution >= 4 is 27.9 Å². The van der Waals surface area contributed by atoms with Crippen molar-refractivity contribution in [3.8, 4) is 0 Å². The summed E-state index contributed by atoms with van der Waals surface area (Å²) >= 11 is 0. The fraction of sp³-hybridized carbons (Fsp3) is 0.552. The molecule has 10 nitrogen and oxygen atoms in total. The number of fused-ring (bicyclic) bond motifs is 2. The monoisotopic (exact) mass is 535 g/mol. The number of nitrogens with one attached hydrogen (secondary N) is 1. The largest absolute Gasteiger partial charge is 0.387 e. The van der Waals surface area contributed by atoms with E-state index >= 15 is 0 Å². The normalized spacial score (nSPS) is 22.2. The molecule has 0 aliphatic carbocycles. The van der Waals surface area contributed by atoms with Gasteiger partial charge in [-0.3, -0.25) is 4.90 Å². The van der Waals surface area contributed by atoms with Crippen LogP contribution in [0.1, 0.15) is 65.1 Å². The zero-order valence-electron chi connectivity index (χ0n) is 23.5. The van der Waals surface area contributed by atoms with E-state index in [1.807, 2.05) is 0 Å². The van der Waals surface area contributed by atoms with Crippen molar-refractivity contribution in [3.05, 3.63) is 48.2 Å². The summed E-state index contributed by atoms with van der Waals surface area (Å²) in [4.78, 5) is 18.9. The highest BCUT2D eigenvalue weighted by atomic mass is 16.6. The van der Waals surface area contributed by atoms with E-state index in [9.17, 15) is 10.2 Å². The molecular formula is C29H41N7O3. The molecular weight excluding hydrogens is 494 g/mol. The Morgan fingerprint density at radius 1 is 1.13 bits per heavy atom. The minimum absolute atomic E-state index is 0.102. The van der Waals surface area contributed by atoms with Gasteiger partial charge in [-0.2, -0.15) is 0 Å².